The van der Waals surface area contributed by atoms with Gasteiger partial charge in [-0.05, 0) is 0 Å². The van der Waals surface area contributed by atoms with Gasteiger partial charge in [0.2, 0.25) is 0 Å². The number of fused-ring (bicyclic) bond motifs is 1. The molecule has 0 saturated carbocycles. The Morgan fingerprint density at radius 3 is 3.15 bits per heavy atom. The summed E-state index contributed by atoms with van der Waals surface area (Å²) in [5.41, 5.74) is -0.984. The molecule has 1 saturated heterocycles. The molecule has 8 heteroatoms. The van der Waals surface area contributed by atoms with Crippen LogP contribution in [0.4, 0.5) is 0 Å². The molecule has 20 heavy (non-hydrogen) atoms. The average Bonchev–Trinajstić information content (AvgIpc) is 3.01. The molecule has 0 aromatic carbocycles. The van der Waals surface area contributed by atoms with Gasteiger partial charge in [-0.25, -0.2) is 9.78 Å². The van der Waals surface area contributed by atoms with E-state index in [-0.39, 0.29) is 6.42 Å². The summed E-state index contributed by atoms with van der Waals surface area (Å²) in [5, 5.41) is 23.3. The van der Waals surface area contributed by atoms with Crippen molar-refractivity contribution >= 4 is 5.65 Å². The highest BCUT2D eigenvalue weighted by molar-refractivity contribution is 5.47. The third-order valence-electron chi connectivity index (χ3n) is 3.49. The summed E-state index contributed by atoms with van der Waals surface area (Å²) in [6.45, 7) is -0.492. The number of aromatic amines is 1. The van der Waals surface area contributed by atoms with Crippen LogP contribution in [0.5, 0.6) is 0 Å². The third kappa shape index (κ3) is 1.65. The molecule has 2 aromatic heterocycles. The number of aromatic nitrogens is 4. The fraction of sp³-hybridized carbons (Fsp3) is 0.417. The summed E-state index contributed by atoms with van der Waals surface area (Å²) in [4.78, 5) is 18.0. The normalized spacial score (nSPS) is 29.6. The van der Waals surface area contributed by atoms with E-state index in [1.165, 1.54) is 12.5 Å². The van der Waals surface area contributed by atoms with Gasteiger partial charge in [-0.15, -0.1) is 6.42 Å². The highest BCUT2D eigenvalue weighted by Crippen LogP contribution is 2.40. The number of rotatable bonds is 2. The standard InChI is InChI=1S/C12H12N4O4/c1-2-12(5-17)9(18)3-8(20-12)7-4-15-16-10(7)13-6-14-11(16)19/h1,4,6,8-9,17-18H,3,5H2,(H,13,14,19)/t8-,9+,12-/m1/s1. The lowest BCUT2D eigenvalue weighted by Gasteiger charge is -2.23. The Kier molecular flexibility index (Phi) is 2.83. The molecule has 8 nitrogen and oxygen atoms in total. The summed E-state index contributed by atoms with van der Waals surface area (Å²) >= 11 is 0. The van der Waals surface area contributed by atoms with Crippen LogP contribution in [0.25, 0.3) is 5.65 Å². The highest BCUT2D eigenvalue weighted by Gasteiger charge is 2.47. The topological polar surface area (TPSA) is 113 Å². The molecule has 0 aliphatic carbocycles. The second kappa shape index (κ2) is 4.42. The SMILES string of the molecule is C#C[C@]1(CO)O[C@@H](c2cnn3c(=O)[nH]cnc23)C[C@@H]1O. The molecule has 104 valence electrons. The number of terminal acetylenes is 1. The molecule has 3 atom stereocenters. The van der Waals surface area contributed by atoms with Crippen molar-refractivity contribution in [2.75, 3.05) is 6.61 Å². The molecule has 0 unspecified atom stereocenters. The Morgan fingerprint density at radius 2 is 2.50 bits per heavy atom. The van der Waals surface area contributed by atoms with Crippen LogP contribution < -0.4 is 5.69 Å². The number of nitrogens with one attached hydrogen (secondary N) is 1. The molecule has 0 bridgehead atoms. The molecular formula is C12H12N4O4. The summed E-state index contributed by atoms with van der Waals surface area (Å²) < 4.78 is 6.71. The molecule has 1 fully saturated rings. The lowest BCUT2D eigenvalue weighted by Crippen LogP contribution is -2.41. The molecule has 3 heterocycles. The van der Waals surface area contributed by atoms with Crippen LogP contribution in [0, 0.1) is 12.3 Å². The number of aliphatic hydroxyl groups excluding tert-OH is 2. The van der Waals surface area contributed by atoms with Crippen LogP contribution in [0.1, 0.15) is 18.1 Å². The maximum atomic E-state index is 11.6. The van der Waals surface area contributed by atoms with Gasteiger partial charge in [0.1, 0.15) is 0 Å². The lowest BCUT2D eigenvalue weighted by atomic mass is 9.97. The first-order valence-electron chi connectivity index (χ1n) is 5.97. The zero-order valence-corrected chi connectivity index (χ0v) is 10.4. The predicted molar refractivity (Wildman–Crippen MR) is 66.7 cm³/mol. The van der Waals surface area contributed by atoms with Gasteiger partial charge in [-0.3, -0.25) is 4.98 Å². The van der Waals surface area contributed by atoms with E-state index >= 15 is 0 Å². The molecule has 0 amide bonds. The minimum absolute atomic E-state index is 0.195. The Hall–Kier alpha value is -2.21. The number of ether oxygens (including phenoxy) is 1. The second-order valence-corrected chi connectivity index (χ2v) is 4.59. The first-order valence-corrected chi connectivity index (χ1v) is 5.97. The van der Waals surface area contributed by atoms with Crippen LogP contribution in [-0.4, -0.2) is 48.1 Å². The van der Waals surface area contributed by atoms with Crippen LogP contribution in [0.3, 0.4) is 0 Å². The van der Waals surface area contributed by atoms with E-state index in [2.05, 4.69) is 21.0 Å². The van der Waals surface area contributed by atoms with E-state index < -0.39 is 30.1 Å². The lowest BCUT2D eigenvalue weighted by molar-refractivity contribution is -0.0718. The quantitative estimate of drug-likeness (QED) is 0.582. The maximum absolute atomic E-state index is 11.6. The van der Waals surface area contributed by atoms with E-state index in [4.69, 9.17) is 11.2 Å². The van der Waals surface area contributed by atoms with Gasteiger partial charge in [0.15, 0.2) is 11.2 Å². The smallest absolute Gasteiger partial charge is 0.349 e. The molecule has 2 aromatic rings. The van der Waals surface area contributed by atoms with Gasteiger partial charge >= 0.3 is 5.69 Å². The van der Waals surface area contributed by atoms with E-state index in [9.17, 15) is 15.0 Å². The molecule has 3 rings (SSSR count). The van der Waals surface area contributed by atoms with Crippen molar-refractivity contribution in [2.24, 2.45) is 0 Å². The van der Waals surface area contributed by atoms with Gasteiger partial charge < -0.3 is 14.9 Å². The summed E-state index contributed by atoms with van der Waals surface area (Å²) in [6.07, 6.45) is 6.65. The third-order valence-corrected chi connectivity index (χ3v) is 3.49. The fourth-order valence-corrected chi connectivity index (χ4v) is 2.35. The molecule has 0 spiro atoms. The Labute approximate surface area is 113 Å². The largest absolute Gasteiger partial charge is 0.392 e. The van der Waals surface area contributed by atoms with Crippen LogP contribution in [-0.2, 0) is 4.74 Å². The first kappa shape index (κ1) is 12.8. The summed E-state index contributed by atoms with van der Waals surface area (Å²) in [5.74, 6) is 2.29. The van der Waals surface area contributed by atoms with Gasteiger partial charge in [0.25, 0.3) is 0 Å². The minimum Gasteiger partial charge on any atom is -0.392 e. The zero-order chi connectivity index (χ0) is 14.3. The molecular weight excluding hydrogens is 264 g/mol. The van der Waals surface area contributed by atoms with Crippen LogP contribution in [0.2, 0.25) is 0 Å². The van der Waals surface area contributed by atoms with E-state index in [0.29, 0.717) is 11.2 Å². The van der Waals surface area contributed by atoms with Gasteiger partial charge in [-0.1, -0.05) is 5.92 Å². The van der Waals surface area contributed by atoms with Gasteiger partial charge in [0.05, 0.1) is 31.3 Å². The number of aliphatic hydroxyl groups is 2. The monoisotopic (exact) mass is 276 g/mol. The number of hydrogen-bond donors (Lipinski definition) is 3. The van der Waals surface area contributed by atoms with Crippen molar-refractivity contribution in [3.05, 3.63) is 28.6 Å². The van der Waals surface area contributed by atoms with Crippen molar-refractivity contribution in [1.82, 2.24) is 19.6 Å². The van der Waals surface area contributed by atoms with Crippen LogP contribution in [0.15, 0.2) is 17.3 Å². The molecule has 0 radical (unpaired) electrons. The van der Waals surface area contributed by atoms with Crippen molar-refractivity contribution in [2.45, 2.75) is 24.2 Å². The Morgan fingerprint density at radius 1 is 1.70 bits per heavy atom. The van der Waals surface area contributed by atoms with Crippen LogP contribution >= 0.6 is 0 Å². The Balaban J connectivity index is 2.04. The highest BCUT2D eigenvalue weighted by atomic mass is 16.5. The van der Waals surface area contributed by atoms with E-state index in [1.807, 2.05) is 0 Å². The van der Waals surface area contributed by atoms with E-state index in [1.54, 1.807) is 0 Å². The number of nitrogens with zero attached hydrogens (tertiary/aromatic N) is 3. The first-order chi connectivity index (χ1) is 9.61. The van der Waals surface area contributed by atoms with Crippen molar-refractivity contribution in [3.63, 3.8) is 0 Å². The zero-order valence-electron chi connectivity index (χ0n) is 10.4. The second-order valence-electron chi connectivity index (χ2n) is 4.59. The Bertz CT molecular complexity index is 746. The predicted octanol–water partition coefficient (Wildman–Crippen LogP) is -1.40. The van der Waals surface area contributed by atoms with Crippen molar-refractivity contribution in [3.8, 4) is 12.3 Å². The molecule has 1 aliphatic heterocycles. The van der Waals surface area contributed by atoms with Crippen molar-refractivity contribution in [1.29, 1.82) is 0 Å². The molecule has 3 N–H and O–H groups in total. The molecule has 1 aliphatic rings. The van der Waals surface area contributed by atoms with Gasteiger partial charge in [0, 0.05) is 12.0 Å². The minimum atomic E-state index is -1.43. The van der Waals surface area contributed by atoms with Crippen molar-refractivity contribution < 1.29 is 14.9 Å². The fourth-order valence-electron chi connectivity index (χ4n) is 2.35. The summed E-state index contributed by atoms with van der Waals surface area (Å²) in [7, 11) is 0. The van der Waals surface area contributed by atoms with E-state index in [0.717, 1.165) is 4.52 Å². The number of hydrogen-bond acceptors (Lipinski definition) is 6. The number of H-pyrrole nitrogens is 1. The van der Waals surface area contributed by atoms with Gasteiger partial charge in [-0.2, -0.15) is 9.61 Å². The average molecular weight is 276 g/mol. The summed E-state index contributed by atoms with van der Waals surface area (Å²) in [6, 6.07) is 0. The maximum Gasteiger partial charge on any atom is 0.349 e.